The number of amides is 1. The molecule has 0 radical (unpaired) electrons. The molecule has 17 heavy (non-hydrogen) atoms. The number of carboxylic acids is 1. The predicted molar refractivity (Wildman–Crippen MR) is 66.9 cm³/mol. The third-order valence-electron chi connectivity index (χ3n) is 2.84. The second-order valence-electron chi connectivity index (χ2n) is 4.53. The van der Waals surface area contributed by atoms with Crippen LogP contribution in [-0.4, -0.2) is 48.1 Å². The second-order valence-corrected chi connectivity index (χ2v) is 4.53. The van der Waals surface area contributed by atoms with Crippen LogP contribution in [0, 0.1) is 0 Å². The molecule has 0 aliphatic carbocycles. The number of carbonyl (C=O) groups is 2. The Balaban J connectivity index is 4.67. The number of aliphatic carboxylic acids is 1. The Morgan fingerprint density at radius 3 is 1.94 bits per heavy atom. The summed E-state index contributed by atoms with van der Waals surface area (Å²) in [6.07, 6.45) is 2.62. The topological polar surface area (TPSA) is 69.6 Å². The fourth-order valence-corrected chi connectivity index (χ4v) is 1.85. The maximum absolute atomic E-state index is 11.5. The number of carboxylic acid groups (broad SMARTS) is 1. The Labute approximate surface area is 103 Å². The van der Waals surface area contributed by atoms with E-state index in [1.54, 1.807) is 14.1 Å². The van der Waals surface area contributed by atoms with Crippen molar-refractivity contribution >= 4 is 11.9 Å². The van der Waals surface area contributed by atoms with Gasteiger partial charge in [0.25, 0.3) is 0 Å². The summed E-state index contributed by atoms with van der Waals surface area (Å²) in [5, 5.41) is 12.3. The van der Waals surface area contributed by atoms with E-state index in [-0.39, 0.29) is 12.5 Å². The molecule has 0 saturated carbocycles. The van der Waals surface area contributed by atoms with Crippen molar-refractivity contribution in [2.45, 2.75) is 45.1 Å². The fraction of sp³-hybridized carbons (Fsp3) is 0.833. The van der Waals surface area contributed by atoms with Crippen LogP contribution in [-0.2, 0) is 9.59 Å². The highest BCUT2D eigenvalue weighted by molar-refractivity contribution is 5.82. The van der Waals surface area contributed by atoms with Gasteiger partial charge in [0.2, 0.25) is 5.91 Å². The summed E-state index contributed by atoms with van der Waals surface area (Å²) in [5.74, 6) is -0.976. The van der Waals surface area contributed by atoms with E-state index in [4.69, 9.17) is 0 Å². The minimum Gasteiger partial charge on any atom is -0.480 e. The molecule has 100 valence electrons. The van der Waals surface area contributed by atoms with E-state index < -0.39 is 11.5 Å². The van der Waals surface area contributed by atoms with Gasteiger partial charge in [0, 0.05) is 14.1 Å². The third-order valence-corrected chi connectivity index (χ3v) is 2.84. The standard InChI is InChI=1S/C12H24N2O3/c1-5-7-12(8-6-2,11(16)17)13-9-10(15)14(3)4/h13H,5-9H2,1-4H3,(H,16,17). The van der Waals surface area contributed by atoms with Gasteiger partial charge in [0.05, 0.1) is 6.54 Å². The lowest BCUT2D eigenvalue weighted by Gasteiger charge is -2.30. The molecule has 0 aromatic carbocycles. The highest BCUT2D eigenvalue weighted by Crippen LogP contribution is 2.20. The molecule has 2 N–H and O–H groups in total. The van der Waals surface area contributed by atoms with Gasteiger partial charge in [-0.2, -0.15) is 0 Å². The zero-order chi connectivity index (χ0) is 13.5. The first-order valence-corrected chi connectivity index (χ1v) is 6.08. The summed E-state index contributed by atoms with van der Waals surface area (Å²) in [7, 11) is 3.32. The van der Waals surface area contributed by atoms with Crippen molar-refractivity contribution in [3.63, 3.8) is 0 Å². The Bertz CT molecular complexity index is 258. The normalized spacial score (nSPS) is 11.3. The van der Waals surface area contributed by atoms with Crippen LogP contribution in [0.1, 0.15) is 39.5 Å². The van der Waals surface area contributed by atoms with Crippen LogP contribution in [0.4, 0.5) is 0 Å². The molecule has 5 heteroatoms. The third kappa shape index (κ3) is 4.73. The summed E-state index contributed by atoms with van der Waals surface area (Å²) in [6.45, 7) is 3.96. The number of nitrogens with one attached hydrogen (secondary N) is 1. The average Bonchev–Trinajstić information content (AvgIpc) is 2.25. The lowest BCUT2D eigenvalue weighted by atomic mass is 9.88. The lowest BCUT2D eigenvalue weighted by Crippen LogP contribution is -2.54. The lowest BCUT2D eigenvalue weighted by molar-refractivity contribution is -0.146. The molecule has 0 aliphatic rings. The quantitative estimate of drug-likeness (QED) is 0.670. The first-order chi connectivity index (χ1) is 7.89. The highest BCUT2D eigenvalue weighted by atomic mass is 16.4. The summed E-state index contributed by atoms with van der Waals surface area (Å²) in [6, 6.07) is 0. The van der Waals surface area contributed by atoms with E-state index in [0.717, 1.165) is 12.8 Å². The first kappa shape index (κ1) is 15.9. The van der Waals surface area contributed by atoms with E-state index in [1.807, 2.05) is 13.8 Å². The molecule has 0 aliphatic heterocycles. The van der Waals surface area contributed by atoms with Crippen molar-refractivity contribution in [3.05, 3.63) is 0 Å². The van der Waals surface area contributed by atoms with Crippen LogP contribution in [0.25, 0.3) is 0 Å². The van der Waals surface area contributed by atoms with Crippen molar-refractivity contribution in [3.8, 4) is 0 Å². The van der Waals surface area contributed by atoms with Gasteiger partial charge < -0.3 is 10.0 Å². The molecule has 0 saturated heterocycles. The summed E-state index contributed by atoms with van der Waals surface area (Å²) in [5.41, 5.74) is -0.963. The largest absolute Gasteiger partial charge is 0.480 e. The minimum absolute atomic E-state index is 0.0687. The van der Waals surface area contributed by atoms with Gasteiger partial charge in [-0.3, -0.25) is 14.9 Å². The van der Waals surface area contributed by atoms with E-state index in [9.17, 15) is 14.7 Å². The van der Waals surface area contributed by atoms with Gasteiger partial charge in [-0.05, 0) is 12.8 Å². The molecule has 5 nitrogen and oxygen atoms in total. The Morgan fingerprint density at radius 1 is 1.18 bits per heavy atom. The number of likely N-dealkylation sites (N-methyl/N-ethyl adjacent to an activating group) is 1. The van der Waals surface area contributed by atoms with Gasteiger partial charge >= 0.3 is 5.97 Å². The van der Waals surface area contributed by atoms with Crippen molar-refractivity contribution < 1.29 is 14.7 Å². The zero-order valence-electron chi connectivity index (χ0n) is 11.2. The second kappa shape index (κ2) is 7.27. The van der Waals surface area contributed by atoms with Crippen LogP contribution in [0.3, 0.4) is 0 Å². The summed E-state index contributed by atoms with van der Waals surface area (Å²) in [4.78, 5) is 24.3. The van der Waals surface area contributed by atoms with Gasteiger partial charge in [0.15, 0.2) is 0 Å². The van der Waals surface area contributed by atoms with Gasteiger partial charge in [-0.1, -0.05) is 26.7 Å². The summed E-state index contributed by atoms with van der Waals surface area (Å²) < 4.78 is 0. The molecular formula is C12H24N2O3. The molecule has 0 rings (SSSR count). The van der Waals surface area contributed by atoms with Gasteiger partial charge in [-0.15, -0.1) is 0 Å². The van der Waals surface area contributed by atoms with Gasteiger partial charge in [-0.25, -0.2) is 0 Å². The van der Waals surface area contributed by atoms with Crippen LogP contribution in [0.5, 0.6) is 0 Å². The smallest absolute Gasteiger partial charge is 0.323 e. The van der Waals surface area contributed by atoms with Crippen LogP contribution < -0.4 is 5.32 Å². The maximum atomic E-state index is 11.5. The Morgan fingerprint density at radius 2 is 1.65 bits per heavy atom. The SMILES string of the molecule is CCCC(CCC)(NCC(=O)N(C)C)C(=O)O. The average molecular weight is 244 g/mol. The van der Waals surface area contributed by atoms with Crippen molar-refractivity contribution in [2.24, 2.45) is 0 Å². The molecular weight excluding hydrogens is 220 g/mol. The van der Waals surface area contributed by atoms with Crippen molar-refractivity contribution in [2.75, 3.05) is 20.6 Å². The van der Waals surface area contributed by atoms with Gasteiger partial charge in [0.1, 0.15) is 5.54 Å². The molecule has 0 bridgehead atoms. The number of nitrogens with zero attached hydrogens (tertiary/aromatic N) is 1. The molecule has 0 aromatic rings. The van der Waals surface area contributed by atoms with Crippen molar-refractivity contribution in [1.29, 1.82) is 0 Å². The molecule has 0 spiro atoms. The highest BCUT2D eigenvalue weighted by Gasteiger charge is 2.36. The molecule has 0 aromatic heterocycles. The fourth-order valence-electron chi connectivity index (χ4n) is 1.85. The first-order valence-electron chi connectivity index (χ1n) is 6.08. The zero-order valence-corrected chi connectivity index (χ0v) is 11.2. The molecule has 1 amide bonds. The van der Waals surface area contributed by atoms with E-state index in [2.05, 4.69) is 5.32 Å². The number of hydrogen-bond acceptors (Lipinski definition) is 3. The number of rotatable bonds is 8. The minimum atomic E-state index is -0.963. The van der Waals surface area contributed by atoms with E-state index in [1.165, 1.54) is 4.90 Å². The maximum Gasteiger partial charge on any atom is 0.323 e. The van der Waals surface area contributed by atoms with Crippen molar-refractivity contribution in [1.82, 2.24) is 10.2 Å². The molecule has 0 atom stereocenters. The summed E-state index contributed by atoms with van der Waals surface area (Å²) >= 11 is 0. The monoisotopic (exact) mass is 244 g/mol. The number of carbonyl (C=O) groups excluding carboxylic acids is 1. The number of hydrogen-bond donors (Lipinski definition) is 2. The van der Waals surface area contributed by atoms with E-state index >= 15 is 0 Å². The van der Waals surface area contributed by atoms with Crippen LogP contribution >= 0.6 is 0 Å². The predicted octanol–water partition coefficient (Wildman–Crippen LogP) is 1.09. The Hall–Kier alpha value is -1.10. The Kier molecular flexibility index (Phi) is 6.80. The molecule has 0 unspecified atom stereocenters. The van der Waals surface area contributed by atoms with Crippen LogP contribution in [0.2, 0.25) is 0 Å². The molecule has 0 fully saturated rings. The van der Waals surface area contributed by atoms with E-state index in [0.29, 0.717) is 12.8 Å². The van der Waals surface area contributed by atoms with Crippen LogP contribution in [0.15, 0.2) is 0 Å². The molecule has 0 heterocycles.